The molecule has 2 nitrogen and oxygen atoms in total. The minimum atomic E-state index is 0.203. The molecule has 0 spiro atoms. The molecule has 1 aliphatic rings. The number of hydrogen-bond acceptors (Lipinski definition) is 2. The quantitative estimate of drug-likeness (QED) is 0.819. The molecule has 2 rings (SSSR count). The van der Waals surface area contributed by atoms with E-state index in [0.717, 1.165) is 10.2 Å². The third kappa shape index (κ3) is 1.46. The SMILES string of the molecule is CC1Oc2cc(Br)ccc2C1CN. The summed E-state index contributed by atoms with van der Waals surface area (Å²) in [6.45, 7) is 2.71. The molecule has 13 heavy (non-hydrogen) atoms. The number of ether oxygens (including phenoxy) is 1. The summed E-state index contributed by atoms with van der Waals surface area (Å²) < 4.78 is 6.73. The molecule has 0 bridgehead atoms. The Morgan fingerprint density at radius 3 is 3.00 bits per heavy atom. The number of benzene rings is 1. The minimum Gasteiger partial charge on any atom is -0.490 e. The molecule has 0 radical (unpaired) electrons. The second kappa shape index (κ2) is 3.31. The predicted molar refractivity (Wildman–Crippen MR) is 56.0 cm³/mol. The van der Waals surface area contributed by atoms with E-state index in [9.17, 15) is 0 Å². The van der Waals surface area contributed by atoms with Gasteiger partial charge in [0.2, 0.25) is 0 Å². The zero-order valence-corrected chi connectivity index (χ0v) is 9.04. The lowest BCUT2D eigenvalue weighted by atomic mass is 9.97. The number of hydrogen-bond donors (Lipinski definition) is 1. The Morgan fingerprint density at radius 2 is 2.31 bits per heavy atom. The Morgan fingerprint density at radius 1 is 1.54 bits per heavy atom. The maximum absolute atomic E-state index is 5.69. The fourth-order valence-corrected chi connectivity index (χ4v) is 2.11. The highest BCUT2D eigenvalue weighted by atomic mass is 79.9. The van der Waals surface area contributed by atoms with E-state index in [1.54, 1.807) is 0 Å². The van der Waals surface area contributed by atoms with Gasteiger partial charge in [0.1, 0.15) is 11.9 Å². The van der Waals surface area contributed by atoms with E-state index in [-0.39, 0.29) is 6.10 Å². The van der Waals surface area contributed by atoms with Gasteiger partial charge in [-0.15, -0.1) is 0 Å². The molecule has 0 aromatic heterocycles. The van der Waals surface area contributed by atoms with Crippen LogP contribution in [0.1, 0.15) is 18.4 Å². The molecule has 0 saturated heterocycles. The molecule has 1 aliphatic heterocycles. The van der Waals surface area contributed by atoms with Crippen molar-refractivity contribution in [3.05, 3.63) is 28.2 Å². The fraction of sp³-hybridized carbons (Fsp3) is 0.400. The lowest BCUT2D eigenvalue weighted by Gasteiger charge is -2.10. The van der Waals surface area contributed by atoms with Crippen molar-refractivity contribution < 1.29 is 4.74 Å². The van der Waals surface area contributed by atoms with Gasteiger partial charge in [0.25, 0.3) is 0 Å². The first-order chi connectivity index (χ1) is 6.22. The molecule has 2 atom stereocenters. The highest BCUT2D eigenvalue weighted by Crippen LogP contribution is 2.38. The summed E-state index contributed by atoms with van der Waals surface area (Å²) in [5.41, 5.74) is 6.92. The van der Waals surface area contributed by atoms with Gasteiger partial charge in [-0.05, 0) is 19.1 Å². The molecule has 0 saturated carbocycles. The van der Waals surface area contributed by atoms with Crippen molar-refractivity contribution in [2.24, 2.45) is 5.73 Å². The molecule has 2 unspecified atom stereocenters. The fourth-order valence-electron chi connectivity index (χ4n) is 1.77. The predicted octanol–water partition coefficient (Wildman–Crippen LogP) is 2.27. The first-order valence-electron chi connectivity index (χ1n) is 4.38. The Bertz CT molecular complexity index is 327. The van der Waals surface area contributed by atoms with E-state index < -0.39 is 0 Å². The van der Waals surface area contributed by atoms with Crippen LogP contribution < -0.4 is 10.5 Å². The lowest BCUT2D eigenvalue weighted by Crippen LogP contribution is -2.21. The largest absolute Gasteiger partial charge is 0.490 e. The summed E-state index contributed by atoms with van der Waals surface area (Å²) in [5.74, 6) is 1.32. The van der Waals surface area contributed by atoms with E-state index in [2.05, 4.69) is 28.9 Å². The summed E-state index contributed by atoms with van der Waals surface area (Å²) in [5, 5.41) is 0. The molecule has 0 aliphatic carbocycles. The van der Waals surface area contributed by atoms with Crippen LogP contribution in [0.3, 0.4) is 0 Å². The average Bonchev–Trinajstić information content (AvgIpc) is 2.39. The zero-order valence-electron chi connectivity index (χ0n) is 7.46. The number of nitrogens with two attached hydrogens (primary N) is 1. The zero-order chi connectivity index (χ0) is 9.42. The molecule has 70 valence electrons. The highest BCUT2D eigenvalue weighted by Gasteiger charge is 2.29. The van der Waals surface area contributed by atoms with Crippen molar-refractivity contribution in [3.63, 3.8) is 0 Å². The molecular weight excluding hydrogens is 230 g/mol. The lowest BCUT2D eigenvalue weighted by molar-refractivity contribution is 0.228. The van der Waals surface area contributed by atoms with Crippen molar-refractivity contribution in [1.82, 2.24) is 0 Å². The normalized spacial score (nSPS) is 25.5. The topological polar surface area (TPSA) is 35.2 Å². The van der Waals surface area contributed by atoms with Crippen molar-refractivity contribution in [2.75, 3.05) is 6.54 Å². The van der Waals surface area contributed by atoms with Crippen molar-refractivity contribution in [3.8, 4) is 5.75 Å². The van der Waals surface area contributed by atoms with Gasteiger partial charge in [-0.2, -0.15) is 0 Å². The monoisotopic (exact) mass is 241 g/mol. The molecule has 1 aromatic carbocycles. The van der Waals surface area contributed by atoms with Crippen LogP contribution in [-0.2, 0) is 0 Å². The van der Waals surface area contributed by atoms with Gasteiger partial charge in [-0.25, -0.2) is 0 Å². The van der Waals surface area contributed by atoms with Gasteiger partial charge in [0, 0.05) is 22.5 Å². The third-order valence-corrected chi connectivity index (χ3v) is 3.00. The van der Waals surface area contributed by atoms with Gasteiger partial charge in [0.05, 0.1) is 0 Å². The van der Waals surface area contributed by atoms with Crippen LogP contribution in [0.25, 0.3) is 0 Å². The Labute approximate surface area is 86.2 Å². The summed E-state index contributed by atoms with van der Waals surface area (Å²) in [6.07, 6.45) is 0.203. The van der Waals surface area contributed by atoms with Crippen molar-refractivity contribution in [1.29, 1.82) is 0 Å². The van der Waals surface area contributed by atoms with E-state index in [1.807, 2.05) is 12.1 Å². The number of halogens is 1. The van der Waals surface area contributed by atoms with Crippen molar-refractivity contribution >= 4 is 15.9 Å². The van der Waals surface area contributed by atoms with Crippen LogP contribution in [0, 0.1) is 0 Å². The minimum absolute atomic E-state index is 0.203. The van der Waals surface area contributed by atoms with E-state index in [1.165, 1.54) is 5.56 Å². The van der Waals surface area contributed by atoms with Crippen LogP contribution in [0.5, 0.6) is 5.75 Å². The molecule has 0 fully saturated rings. The van der Waals surface area contributed by atoms with Crippen LogP contribution >= 0.6 is 15.9 Å². The first kappa shape index (κ1) is 9.03. The summed E-state index contributed by atoms with van der Waals surface area (Å²) in [4.78, 5) is 0. The van der Waals surface area contributed by atoms with Gasteiger partial charge in [0.15, 0.2) is 0 Å². The molecule has 0 amide bonds. The van der Waals surface area contributed by atoms with Gasteiger partial charge in [-0.3, -0.25) is 0 Å². The van der Waals surface area contributed by atoms with Crippen LogP contribution in [-0.4, -0.2) is 12.6 Å². The molecule has 1 heterocycles. The maximum Gasteiger partial charge on any atom is 0.124 e. The highest BCUT2D eigenvalue weighted by molar-refractivity contribution is 9.10. The van der Waals surface area contributed by atoms with E-state index in [4.69, 9.17) is 10.5 Å². The Kier molecular flexibility index (Phi) is 2.30. The Hall–Kier alpha value is -0.540. The summed E-state index contributed by atoms with van der Waals surface area (Å²) in [7, 11) is 0. The Balaban J connectivity index is 2.42. The smallest absolute Gasteiger partial charge is 0.124 e. The molecule has 2 N–H and O–H groups in total. The molecule has 1 aromatic rings. The molecule has 3 heteroatoms. The van der Waals surface area contributed by atoms with Gasteiger partial charge in [-0.1, -0.05) is 22.0 Å². The molecular formula is C10H12BrNO. The van der Waals surface area contributed by atoms with Crippen molar-refractivity contribution in [2.45, 2.75) is 18.9 Å². The van der Waals surface area contributed by atoms with E-state index in [0.29, 0.717) is 12.5 Å². The van der Waals surface area contributed by atoms with Gasteiger partial charge >= 0.3 is 0 Å². The number of rotatable bonds is 1. The summed E-state index contributed by atoms with van der Waals surface area (Å²) >= 11 is 3.42. The second-order valence-corrected chi connectivity index (χ2v) is 4.26. The van der Waals surface area contributed by atoms with Crippen LogP contribution in [0.4, 0.5) is 0 Å². The average molecular weight is 242 g/mol. The first-order valence-corrected chi connectivity index (χ1v) is 5.18. The van der Waals surface area contributed by atoms with Crippen LogP contribution in [0.2, 0.25) is 0 Å². The second-order valence-electron chi connectivity index (χ2n) is 3.35. The maximum atomic E-state index is 5.69. The standard InChI is InChI=1S/C10H12BrNO/c1-6-9(5-12)8-3-2-7(11)4-10(8)13-6/h2-4,6,9H,5,12H2,1H3. The number of fused-ring (bicyclic) bond motifs is 1. The third-order valence-electron chi connectivity index (χ3n) is 2.51. The van der Waals surface area contributed by atoms with Crippen LogP contribution in [0.15, 0.2) is 22.7 Å². The van der Waals surface area contributed by atoms with E-state index >= 15 is 0 Å². The summed E-state index contributed by atoms with van der Waals surface area (Å²) in [6, 6.07) is 6.12. The van der Waals surface area contributed by atoms with Gasteiger partial charge < -0.3 is 10.5 Å².